The lowest BCUT2D eigenvalue weighted by molar-refractivity contribution is -0.129. The zero-order valence-electron chi connectivity index (χ0n) is 17.4. The summed E-state index contributed by atoms with van der Waals surface area (Å²) in [6.07, 6.45) is 7.54. The van der Waals surface area contributed by atoms with E-state index < -0.39 is 11.4 Å². The van der Waals surface area contributed by atoms with Gasteiger partial charge in [0.1, 0.15) is 23.7 Å². The fourth-order valence-electron chi connectivity index (χ4n) is 3.50. The second-order valence-electron chi connectivity index (χ2n) is 7.13. The van der Waals surface area contributed by atoms with E-state index in [4.69, 9.17) is 23.2 Å². The average Bonchev–Trinajstić information content (AvgIpc) is 2.72. The van der Waals surface area contributed by atoms with Crippen LogP contribution < -0.4 is 0 Å². The Bertz CT molecular complexity index is 966. The van der Waals surface area contributed by atoms with Crippen LogP contribution in [0.5, 0.6) is 0 Å². The van der Waals surface area contributed by atoms with Gasteiger partial charge in [-0.3, -0.25) is 9.69 Å². The summed E-state index contributed by atoms with van der Waals surface area (Å²) in [5, 5.41) is 0.806. The van der Waals surface area contributed by atoms with E-state index in [1.165, 1.54) is 13.3 Å². The highest BCUT2D eigenvalue weighted by Crippen LogP contribution is 2.42. The number of nitrogens with zero attached hydrogens (tertiary/aromatic N) is 4. The minimum Gasteiger partial charge on any atom is -0.588 e. The molecule has 1 aromatic heterocycles. The molecule has 2 heterocycles. The minimum absolute atomic E-state index is 0.127. The number of carbonyl (C=O) groups is 1. The summed E-state index contributed by atoms with van der Waals surface area (Å²) >= 11 is 10.7. The number of halogens is 2. The monoisotopic (exact) mass is 478 g/mol. The highest BCUT2D eigenvalue weighted by atomic mass is 35.5. The maximum absolute atomic E-state index is 13.6. The fraction of sp³-hybridized carbons (Fsp3) is 0.318. The van der Waals surface area contributed by atoms with Gasteiger partial charge in [0.2, 0.25) is 5.91 Å². The van der Waals surface area contributed by atoms with Crippen LogP contribution in [0.2, 0.25) is 10.0 Å². The van der Waals surface area contributed by atoms with E-state index in [0.29, 0.717) is 26.5 Å². The molecule has 0 fully saturated rings. The summed E-state index contributed by atoms with van der Waals surface area (Å²) in [6, 6.07) is 6.48. The summed E-state index contributed by atoms with van der Waals surface area (Å²) < 4.78 is 15.4. The largest absolute Gasteiger partial charge is 0.588 e. The molecule has 1 aliphatic rings. The van der Waals surface area contributed by atoms with Gasteiger partial charge in [0, 0.05) is 40.9 Å². The van der Waals surface area contributed by atoms with Crippen LogP contribution in [0.15, 0.2) is 65.7 Å². The van der Waals surface area contributed by atoms with Crippen molar-refractivity contribution in [2.75, 3.05) is 0 Å². The third-order valence-electron chi connectivity index (χ3n) is 4.98. The van der Waals surface area contributed by atoms with Crippen LogP contribution in [0.4, 0.5) is 0 Å². The molecule has 2 atom stereocenters. The van der Waals surface area contributed by atoms with Gasteiger partial charge >= 0.3 is 0 Å². The molecular formula is C22H24Cl2N4O2S. The Morgan fingerprint density at radius 2 is 2.06 bits per heavy atom. The van der Waals surface area contributed by atoms with Crippen molar-refractivity contribution in [2.45, 2.75) is 50.6 Å². The van der Waals surface area contributed by atoms with E-state index in [-0.39, 0.29) is 18.5 Å². The summed E-state index contributed by atoms with van der Waals surface area (Å²) in [5.41, 5.74) is 1.56. The molecule has 9 heteroatoms. The molecule has 0 spiro atoms. The summed E-state index contributed by atoms with van der Waals surface area (Å²) in [7, 11) is 0. The molecule has 0 radical (unpaired) electrons. The topological polar surface area (TPSA) is 72.4 Å². The summed E-state index contributed by atoms with van der Waals surface area (Å²) in [5.74, 6) is 0.379. The first-order valence-corrected chi connectivity index (χ1v) is 11.8. The third-order valence-corrected chi connectivity index (χ3v) is 6.84. The van der Waals surface area contributed by atoms with Gasteiger partial charge in [-0.15, -0.1) is 0 Å². The van der Waals surface area contributed by atoms with E-state index >= 15 is 0 Å². The molecule has 1 aliphatic heterocycles. The Kier molecular flexibility index (Phi) is 8.00. The zero-order valence-corrected chi connectivity index (χ0v) is 19.8. The SMILES string of the molecule is C=CC1=C(N(Cc2ccncn2)C(C)=O)N([S+]([O-])c2cc(Cl)cc(Cl)c2)C1CCCC. The van der Waals surface area contributed by atoms with Crippen LogP contribution >= 0.6 is 23.2 Å². The van der Waals surface area contributed by atoms with Crippen molar-refractivity contribution in [3.05, 3.63) is 76.6 Å². The minimum atomic E-state index is -1.61. The Balaban J connectivity index is 2.03. The van der Waals surface area contributed by atoms with Gasteiger partial charge in [0.05, 0.1) is 12.2 Å². The Morgan fingerprint density at radius 3 is 2.61 bits per heavy atom. The molecule has 31 heavy (non-hydrogen) atoms. The lowest BCUT2D eigenvalue weighted by Crippen LogP contribution is -2.55. The molecule has 0 N–H and O–H groups in total. The maximum Gasteiger partial charge on any atom is 0.225 e. The first kappa shape index (κ1) is 23.6. The van der Waals surface area contributed by atoms with Crippen LogP contribution in [0, 0.1) is 0 Å². The highest BCUT2D eigenvalue weighted by Gasteiger charge is 2.48. The molecule has 164 valence electrons. The number of aromatic nitrogens is 2. The van der Waals surface area contributed by atoms with Crippen molar-refractivity contribution >= 4 is 40.5 Å². The molecule has 0 saturated heterocycles. The predicted octanol–water partition coefficient (Wildman–Crippen LogP) is 5.13. The molecule has 0 aliphatic carbocycles. The molecule has 1 amide bonds. The van der Waals surface area contributed by atoms with Crippen LogP contribution in [-0.2, 0) is 22.7 Å². The lowest BCUT2D eigenvalue weighted by atomic mass is 9.94. The Labute approximate surface area is 195 Å². The first-order valence-electron chi connectivity index (χ1n) is 9.94. The number of rotatable bonds is 9. The fourth-order valence-corrected chi connectivity index (χ4v) is 5.65. The van der Waals surface area contributed by atoms with Crippen molar-refractivity contribution in [1.82, 2.24) is 19.2 Å². The number of carbonyl (C=O) groups excluding carboxylic acids is 1. The molecule has 2 aromatic rings. The van der Waals surface area contributed by atoms with Gasteiger partial charge in [-0.2, -0.15) is 4.31 Å². The first-order chi connectivity index (χ1) is 14.9. The van der Waals surface area contributed by atoms with E-state index in [1.807, 2.05) is 0 Å². The lowest BCUT2D eigenvalue weighted by Gasteiger charge is -2.47. The second kappa shape index (κ2) is 10.5. The molecule has 1 aromatic carbocycles. The van der Waals surface area contributed by atoms with Gasteiger partial charge in [-0.05, 0) is 18.6 Å². The van der Waals surface area contributed by atoms with Crippen LogP contribution in [0.1, 0.15) is 38.8 Å². The Hall–Kier alpha value is -2.06. The molecule has 0 bridgehead atoms. The Morgan fingerprint density at radius 1 is 1.35 bits per heavy atom. The van der Waals surface area contributed by atoms with E-state index in [2.05, 4.69) is 23.5 Å². The summed E-state index contributed by atoms with van der Waals surface area (Å²) in [4.78, 5) is 22.8. The van der Waals surface area contributed by atoms with Gasteiger partial charge < -0.3 is 4.55 Å². The van der Waals surface area contributed by atoms with Gasteiger partial charge in [-0.25, -0.2) is 9.97 Å². The van der Waals surface area contributed by atoms with Gasteiger partial charge in [0.15, 0.2) is 10.7 Å². The number of unbranched alkanes of at least 4 members (excludes halogenated alkanes) is 1. The van der Waals surface area contributed by atoms with Crippen molar-refractivity contribution in [2.24, 2.45) is 0 Å². The van der Waals surface area contributed by atoms with Crippen molar-refractivity contribution in [1.29, 1.82) is 0 Å². The maximum atomic E-state index is 13.6. The van der Waals surface area contributed by atoms with E-state index in [9.17, 15) is 9.35 Å². The number of hydrogen-bond acceptors (Lipinski definition) is 5. The number of benzene rings is 1. The van der Waals surface area contributed by atoms with Crippen LogP contribution in [0.3, 0.4) is 0 Å². The summed E-state index contributed by atoms with van der Waals surface area (Å²) in [6.45, 7) is 7.76. The molecule has 0 saturated carbocycles. The van der Waals surface area contributed by atoms with Crippen LogP contribution in [-0.4, -0.2) is 35.7 Å². The standard InChI is InChI=1S/C22H24Cl2N4O2S/c1-4-6-7-21-20(5-2)22(27(15(3)29)13-18-8-9-25-14-26-18)28(21)31(30)19-11-16(23)10-17(24)12-19/h5,8-12,14,21H,2,4,6-7,13H2,1,3H3. The van der Waals surface area contributed by atoms with Crippen LogP contribution in [0.25, 0.3) is 0 Å². The normalized spacial score (nSPS) is 16.7. The quantitative estimate of drug-likeness (QED) is 0.467. The average molecular weight is 479 g/mol. The highest BCUT2D eigenvalue weighted by molar-refractivity contribution is 7.89. The third kappa shape index (κ3) is 5.23. The molecule has 3 rings (SSSR count). The van der Waals surface area contributed by atoms with Crippen molar-refractivity contribution < 1.29 is 9.35 Å². The molecule has 2 unspecified atom stereocenters. The second-order valence-corrected chi connectivity index (χ2v) is 9.36. The predicted molar refractivity (Wildman–Crippen MR) is 124 cm³/mol. The van der Waals surface area contributed by atoms with Crippen molar-refractivity contribution in [3.63, 3.8) is 0 Å². The van der Waals surface area contributed by atoms with Gasteiger partial charge in [0.25, 0.3) is 0 Å². The number of amides is 1. The number of hydrogen-bond donors (Lipinski definition) is 0. The van der Waals surface area contributed by atoms with E-state index in [0.717, 1.165) is 24.8 Å². The zero-order chi connectivity index (χ0) is 22.5. The molecule has 6 nitrogen and oxygen atoms in total. The molecular weight excluding hydrogens is 455 g/mol. The smallest absolute Gasteiger partial charge is 0.225 e. The van der Waals surface area contributed by atoms with Gasteiger partial charge in [-0.1, -0.05) is 55.6 Å². The van der Waals surface area contributed by atoms with E-state index in [1.54, 1.807) is 45.7 Å². The van der Waals surface area contributed by atoms with Crippen molar-refractivity contribution in [3.8, 4) is 0 Å².